The van der Waals surface area contributed by atoms with E-state index in [4.69, 9.17) is 4.74 Å². The Morgan fingerprint density at radius 3 is 2.55 bits per heavy atom. The van der Waals surface area contributed by atoms with Crippen LogP contribution < -0.4 is 5.32 Å². The van der Waals surface area contributed by atoms with E-state index in [0.717, 1.165) is 5.56 Å². The molecule has 1 aliphatic heterocycles. The third-order valence-corrected chi connectivity index (χ3v) is 5.00. The van der Waals surface area contributed by atoms with Crippen LogP contribution >= 0.6 is 0 Å². The lowest BCUT2D eigenvalue weighted by atomic mass is 10.1. The van der Waals surface area contributed by atoms with E-state index in [1.807, 2.05) is 37.3 Å². The molecule has 1 aliphatic rings. The summed E-state index contributed by atoms with van der Waals surface area (Å²) in [5, 5.41) is 2.50. The van der Waals surface area contributed by atoms with Crippen molar-refractivity contribution < 1.29 is 23.5 Å². The number of carbonyl (C=O) groups excluding carboxylic acids is 3. The summed E-state index contributed by atoms with van der Waals surface area (Å²) in [5.41, 5.74) is 1.26. The highest BCUT2D eigenvalue weighted by Crippen LogP contribution is 2.29. The average molecular weight is 398 g/mol. The molecule has 29 heavy (non-hydrogen) atoms. The van der Waals surface area contributed by atoms with E-state index < -0.39 is 29.7 Å². The molecule has 3 rings (SSSR count). The molecule has 7 heteroatoms. The lowest BCUT2D eigenvalue weighted by Crippen LogP contribution is -2.33. The van der Waals surface area contributed by atoms with Gasteiger partial charge in [0.25, 0.3) is 5.91 Å². The number of carbonyl (C=O) groups is 3. The normalized spacial score (nSPS) is 18.2. The first-order valence-electron chi connectivity index (χ1n) is 9.46. The molecule has 2 aromatic carbocycles. The predicted molar refractivity (Wildman–Crippen MR) is 105 cm³/mol. The maximum Gasteiger partial charge on any atom is 0.312 e. The molecule has 0 bridgehead atoms. The van der Waals surface area contributed by atoms with Crippen LogP contribution in [-0.2, 0) is 19.1 Å². The SMILES string of the molecule is C[C@H](OC(=O)[C@H]1CC(=O)N([C@H](C)c2ccccc2)C1)C(=O)Nc1cccc(F)c1. The van der Waals surface area contributed by atoms with E-state index in [2.05, 4.69) is 5.32 Å². The number of nitrogens with zero attached hydrogens (tertiary/aromatic N) is 1. The van der Waals surface area contributed by atoms with Crippen molar-refractivity contribution in [1.82, 2.24) is 4.90 Å². The molecule has 2 aromatic rings. The molecule has 0 aliphatic carbocycles. The summed E-state index contributed by atoms with van der Waals surface area (Å²) in [4.78, 5) is 38.7. The zero-order chi connectivity index (χ0) is 21.0. The summed E-state index contributed by atoms with van der Waals surface area (Å²) in [6, 6.07) is 14.8. The zero-order valence-electron chi connectivity index (χ0n) is 16.3. The smallest absolute Gasteiger partial charge is 0.312 e. The van der Waals surface area contributed by atoms with Crippen LogP contribution in [0.2, 0.25) is 0 Å². The molecule has 152 valence electrons. The fourth-order valence-corrected chi connectivity index (χ4v) is 3.31. The van der Waals surface area contributed by atoms with Crippen molar-refractivity contribution in [2.45, 2.75) is 32.4 Å². The van der Waals surface area contributed by atoms with E-state index in [-0.39, 0.29) is 30.6 Å². The van der Waals surface area contributed by atoms with Gasteiger partial charge >= 0.3 is 5.97 Å². The number of halogens is 1. The zero-order valence-corrected chi connectivity index (χ0v) is 16.3. The van der Waals surface area contributed by atoms with Crippen LogP contribution in [0, 0.1) is 11.7 Å². The van der Waals surface area contributed by atoms with Crippen LogP contribution in [0.5, 0.6) is 0 Å². The largest absolute Gasteiger partial charge is 0.452 e. The number of anilines is 1. The van der Waals surface area contributed by atoms with E-state index in [1.54, 1.807) is 4.90 Å². The monoisotopic (exact) mass is 398 g/mol. The lowest BCUT2D eigenvalue weighted by Gasteiger charge is -2.25. The molecule has 6 nitrogen and oxygen atoms in total. The number of hydrogen-bond acceptors (Lipinski definition) is 4. The second kappa shape index (κ2) is 8.86. The highest BCUT2D eigenvalue weighted by molar-refractivity contribution is 5.95. The first-order valence-corrected chi connectivity index (χ1v) is 9.46. The van der Waals surface area contributed by atoms with E-state index in [9.17, 15) is 18.8 Å². The Labute approximate surface area is 168 Å². The van der Waals surface area contributed by atoms with Gasteiger partial charge in [-0.25, -0.2) is 4.39 Å². The number of likely N-dealkylation sites (tertiary alicyclic amines) is 1. The maximum atomic E-state index is 13.2. The van der Waals surface area contributed by atoms with Gasteiger partial charge < -0.3 is 15.0 Å². The van der Waals surface area contributed by atoms with Crippen LogP contribution in [0.3, 0.4) is 0 Å². The summed E-state index contributed by atoms with van der Waals surface area (Å²) in [6.07, 6.45) is -1.02. The Balaban J connectivity index is 1.56. The van der Waals surface area contributed by atoms with Crippen molar-refractivity contribution in [1.29, 1.82) is 0 Å². The van der Waals surface area contributed by atoms with E-state index in [1.165, 1.54) is 31.2 Å². The van der Waals surface area contributed by atoms with Crippen LogP contribution in [-0.4, -0.2) is 35.3 Å². The van der Waals surface area contributed by atoms with Gasteiger partial charge in [0, 0.05) is 18.7 Å². The first kappa shape index (κ1) is 20.5. The number of rotatable bonds is 6. The summed E-state index contributed by atoms with van der Waals surface area (Å²) >= 11 is 0. The van der Waals surface area contributed by atoms with E-state index in [0.29, 0.717) is 0 Å². The highest BCUT2D eigenvalue weighted by atomic mass is 19.1. The Morgan fingerprint density at radius 2 is 1.86 bits per heavy atom. The Hall–Kier alpha value is -3.22. The summed E-state index contributed by atoms with van der Waals surface area (Å²) in [5.74, 6) is -2.39. The predicted octanol–water partition coefficient (Wildman–Crippen LogP) is 3.31. The third-order valence-electron chi connectivity index (χ3n) is 5.00. The van der Waals surface area contributed by atoms with Gasteiger partial charge in [-0.05, 0) is 37.6 Å². The van der Waals surface area contributed by atoms with Crippen LogP contribution in [0.4, 0.5) is 10.1 Å². The molecular weight excluding hydrogens is 375 g/mol. The fraction of sp³-hybridized carbons (Fsp3) is 0.318. The number of ether oxygens (including phenoxy) is 1. The lowest BCUT2D eigenvalue weighted by molar-refractivity contribution is -0.157. The average Bonchev–Trinajstić information content (AvgIpc) is 3.10. The second-order valence-electron chi connectivity index (χ2n) is 7.11. The Bertz CT molecular complexity index is 903. The molecule has 1 fully saturated rings. The van der Waals surface area contributed by atoms with Crippen LogP contribution in [0.1, 0.15) is 31.9 Å². The number of nitrogens with one attached hydrogen (secondary N) is 1. The minimum absolute atomic E-state index is 0.0498. The summed E-state index contributed by atoms with van der Waals surface area (Å²) in [6.45, 7) is 3.59. The van der Waals surface area contributed by atoms with E-state index >= 15 is 0 Å². The molecule has 3 atom stereocenters. The topological polar surface area (TPSA) is 75.7 Å². The van der Waals surface area contributed by atoms with Gasteiger partial charge in [0.15, 0.2) is 6.10 Å². The third kappa shape index (κ3) is 4.99. The molecule has 0 spiro atoms. The van der Waals surface area contributed by atoms with Crippen molar-refractivity contribution in [2.75, 3.05) is 11.9 Å². The van der Waals surface area contributed by atoms with Crippen molar-refractivity contribution in [3.05, 3.63) is 66.0 Å². The van der Waals surface area contributed by atoms with Crippen LogP contribution in [0.15, 0.2) is 54.6 Å². The second-order valence-corrected chi connectivity index (χ2v) is 7.11. The van der Waals surface area contributed by atoms with Gasteiger partial charge in [-0.3, -0.25) is 14.4 Å². The molecule has 1 heterocycles. The summed E-state index contributed by atoms with van der Waals surface area (Å²) in [7, 11) is 0. The molecule has 0 unspecified atom stereocenters. The quantitative estimate of drug-likeness (QED) is 0.758. The molecular formula is C22H23FN2O4. The Kier molecular flexibility index (Phi) is 6.26. The van der Waals surface area contributed by atoms with Gasteiger partial charge in [-0.2, -0.15) is 0 Å². The molecule has 1 N–H and O–H groups in total. The summed E-state index contributed by atoms with van der Waals surface area (Å²) < 4.78 is 18.5. The molecule has 2 amide bonds. The fourth-order valence-electron chi connectivity index (χ4n) is 3.31. The van der Waals surface area contributed by atoms with Gasteiger partial charge in [0.05, 0.1) is 12.0 Å². The van der Waals surface area contributed by atoms with Crippen molar-refractivity contribution in [3.63, 3.8) is 0 Å². The molecule has 0 saturated carbocycles. The van der Waals surface area contributed by atoms with Crippen molar-refractivity contribution in [2.24, 2.45) is 5.92 Å². The van der Waals surface area contributed by atoms with Crippen molar-refractivity contribution >= 4 is 23.5 Å². The minimum Gasteiger partial charge on any atom is -0.452 e. The molecule has 1 saturated heterocycles. The number of hydrogen-bond donors (Lipinski definition) is 1. The van der Waals surface area contributed by atoms with Gasteiger partial charge in [0.2, 0.25) is 5.91 Å². The van der Waals surface area contributed by atoms with Crippen molar-refractivity contribution in [3.8, 4) is 0 Å². The van der Waals surface area contributed by atoms with Gasteiger partial charge in [-0.15, -0.1) is 0 Å². The first-order chi connectivity index (χ1) is 13.8. The maximum absolute atomic E-state index is 13.2. The number of esters is 1. The standard InChI is InChI=1S/C22H23FN2O4/c1-14(16-7-4-3-5-8-16)25-13-17(11-20(25)26)22(28)29-15(2)21(27)24-19-10-6-9-18(23)12-19/h3-10,12,14-15,17H,11,13H2,1-2H3,(H,24,27)/t14-,15+,17+/m1/s1. The Morgan fingerprint density at radius 1 is 1.14 bits per heavy atom. The molecule has 0 radical (unpaired) electrons. The molecule has 0 aromatic heterocycles. The minimum atomic E-state index is -1.07. The number of benzene rings is 2. The van der Waals surface area contributed by atoms with Crippen LogP contribution in [0.25, 0.3) is 0 Å². The highest BCUT2D eigenvalue weighted by Gasteiger charge is 2.38. The number of amides is 2. The van der Waals surface area contributed by atoms with Gasteiger partial charge in [0.1, 0.15) is 5.82 Å². The van der Waals surface area contributed by atoms with Gasteiger partial charge in [-0.1, -0.05) is 36.4 Å².